The van der Waals surface area contributed by atoms with Crippen molar-refractivity contribution in [1.29, 1.82) is 0 Å². The summed E-state index contributed by atoms with van der Waals surface area (Å²) in [6.45, 7) is 2.67. The van der Waals surface area contributed by atoms with Crippen molar-refractivity contribution in [2.45, 2.75) is 26.4 Å². The summed E-state index contributed by atoms with van der Waals surface area (Å²) < 4.78 is 17.9. The van der Waals surface area contributed by atoms with Gasteiger partial charge in [-0.25, -0.2) is 18.3 Å². The molecule has 25 heavy (non-hydrogen) atoms. The molecule has 0 saturated heterocycles. The maximum atomic E-state index is 13.1. The van der Waals surface area contributed by atoms with Crippen molar-refractivity contribution in [3.05, 3.63) is 67.9 Å². The Bertz CT molecular complexity index is 1180. The lowest BCUT2D eigenvalue weighted by molar-refractivity contribution is 0.621. The Labute approximate surface area is 145 Å². The molecule has 6 nitrogen and oxygen atoms in total. The number of thiophene rings is 1. The summed E-state index contributed by atoms with van der Waals surface area (Å²) in [7, 11) is 0. The number of benzene rings is 1. The van der Waals surface area contributed by atoms with Crippen LogP contribution in [0.15, 0.2) is 45.3 Å². The molecule has 0 bridgehead atoms. The highest BCUT2D eigenvalue weighted by molar-refractivity contribution is 7.17. The van der Waals surface area contributed by atoms with Crippen molar-refractivity contribution in [3.8, 4) is 0 Å². The molecular formula is C17H15FN4O2S. The summed E-state index contributed by atoms with van der Waals surface area (Å²) in [6, 6.07) is 7.69. The van der Waals surface area contributed by atoms with E-state index >= 15 is 0 Å². The van der Waals surface area contributed by atoms with Gasteiger partial charge in [0.25, 0.3) is 5.56 Å². The summed E-state index contributed by atoms with van der Waals surface area (Å²) in [6.07, 6.45) is 0.755. The molecule has 3 heterocycles. The fraction of sp³-hybridized carbons (Fsp3) is 0.235. The lowest BCUT2D eigenvalue weighted by Gasteiger charge is -2.05. The molecule has 0 aliphatic heterocycles. The van der Waals surface area contributed by atoms with Crippen LogP contribution in [-0.2, 0) is 13.1 Å². The van der Waals surface area contributed by atoms with E-state index in [-0.39, 0.29) is 23.6 Å². The first-order chi connectivity index (χ1) is 12.1. The monoisotopic (exact) mass is 358 g/mol. The van der Waals surface area contributed by atoms with Crippen LogP contribution in [0, 0.1) is 5.82 Å². The predicted molar refractivity (Wildman–Crippen MR) is 94.9 cm³/mol. The highest BCUT2D eigenvalue weighted by Crippen LogP contribution is 2.17. The third-order valence-electron chi connectivity index (χ3n) is 4.08. The van der Waals surface area contributed by atoms with E-state index in [2.05, 4.69) is 5.10 Å². The predicted octanol–water partition coefficient (Wildman–Crippen LogP) is 2.47. The Morgan fingerprint density at radius 1 is 1.16 bits per heavy atom. The number of aromatic nitrogens is 4. The maximum Gasteiger partial charge on any atom is 0.352 e. The van der Waals surface area contributed by atoms with Gasteiger partial charge in [0.1, 0.15) is 10.5 Å². The molecule has 3 aromatic heterocycles. The average Bonchev–Trinajstić information content (AvgIpc) is 3.19. The zero-order chi connectivity index (χ0) is 17.6. The standard InChI is InChI=1S/C17H15FN4O2S/c1-2-8-20-15(23)14-13(7-9-25-14)22-16(20)19-21(17(22)24)10-11-3-5-12(18)6-4-11/h3-7,9H,2,8,10H2,1H3. The van der Waals surface area contributed by atoms with Crippen LogP contribution in [0.25, 0.3) is 16.0 Å². The van der Waals surface area contributed by atoms with E-state index in [1.54, 1.807) is 28.1 Å². The SMILES string of the molecule is CCCn1c(=O)c2sccc2n2c(=O)n(Cc3ccc(F)cc3)nc12. The minimum atomic E-state index is -0.331. The van der Waals surface area contributed by atoms with Crippen LogP contribution in [0.1, 0.15) is 18.9 Å². The van der Waals surface area contributed by atoms with Crippen LogP contribution in [0.2, 0.25) is 0 Å². The van der Waals surface area contributed by atoms with Gasteiger partial charge in [-0.3, -0.25) is 9.36 Å². The van der Waals surface area contributed by atoms with Crippen molar-refractivity contribution in [1.82, 2.24) is 18.7 Å². The smallest absolute Gasteiger partial charge is 0.276 e. The van der Waals surface area contributed by atoms with Crippen molar-refractivity contribution < 1.29 is 4.39 Å². The van der Waals surface area contributed by atoms with Crippen LogP contribution in [0.4, 0.5) is 4.39 Å². The minimum Gasteiger partial charge on any atom is -0.276 e. The topological polar surface area (TPSA) is 61.3 Å². The molecule has 0 aliphatic carbocycles. The van der Waals surface area contributed by atoms with Crippen molar-refractivity contribution in [3.63, 3.8) is 0 Å². The number of rotatable bonds is 4. The number of halogens is 1. The molecular weight excluding hydrogens is 343 g/mol. The Morgan fingerprint density at radius 2 is 1.92 bits per heavy atom. The quantitative estimate of drug-likeness (QED) is 0.563. The second-order valence-electron chi connectivity index (χ2n) is 5.79. The van der Waals surface area contributed by atoms with Gasteiger partial charge in [0, 0.05) is 6.54 Å². The number of hydrogen-bond acceptors (Lipinski definition) is 4. The molecule has 0 saturated carbocycles. The minimum absolute atomic E-state index is 0.127. The highest BCUT2D eigenvalue weighted by Gasteiger charge is 2.17. The number of nitrogens with zero attached hydrogens (tertiary/aromatic N) is 4. The molecule has 0 aliphatic rings. The van der Waals surface area contributed by atoms with E-state index in [1.807, 2.05) is 6.92 Å². The van der Waals surface area contributed by atoms with Crippen molar-refractivity contribution >= 4 is 27.3 Å². The van der Waals surface area contributed by atoms with Crippen LogP contribution >= 0.6 is 11.3 Å². The normalized spacial score (nSPS) is 11.6. The van der Waals surface area contributed by atoms with Crippen LogP contribution in [0.5, 0.6) is 0 Å². The molecule has 8 heteroatoms. The van der Waals surface area contributed by atoms with Gasteiger partial charge in [0.05, 0.1) is 12.1 Å². The van der Waals surface area contributed by atoms with Crippen LogP contribution < -0.4 is 11.2 Å². The zero-order valence-corrected chi connectivity index (χ0v) is 14.3. The zero-order valence-electron chi connectivity index (χ0n) is 13.5. The molecule has 0 unspecified atom stereocenters. The van der Waals surface area contributed by atoms with Crippen LogP contribution in [-0.4, -0.2) is 18.7 Å². The summed E-state index contributed by atoms with van der Waals surface area (Å²) in [4.78, 5) is 25.5. The molecule has 0 N–H and O–H groups in total. The Balaban J connectivity index is 1.97. The van der Waals surface area contributed by atoms with Gasteiger partial charge in [-0.15, -0.1) is 16.4 Å². The Kier molecular flexibility index (Phi) is 3.76. The summed E-state index contributed by atoms with van der Waals surface area (Å²) in [5.74, 6) is 0.00715. The fourth-order valence-corrected chi connectivity index (χ4v) is 3.75. The van der Waals surface area contributed by atoms with E-state index in [0.717, 1.165) is 12.0 Å². The Morgan fingerprint density at radius 3 is 2.64 bits per heavy atom. The molecule has 128 valence electrons. The van der Waals surface area contributed by atoms with Gasteiger partial charge in [-0.1, -0.05) is 19.1 Å². The van der Waals surface area contributed by atoms with Crippen molar-refractivity contribution in [2.24, 2.45) is 0 Å². The fourth-order valence-electron chi connectivity index (χ4n) is 2.92. The second kappa shape index (κ2) is 5.96. The molecule has 0 atom stereocenters. The van der Waals surface area contributed by atoms with E-state index in [4.69, 9.17) is 0 Å². The maximum absolute atomic E-state index is 13.1. The van der Waals surface area contributed by atoms with E-state index in [1.165, 1.54) is 32.6 Å². The van der Waals surface area contributed by atoms with E-state index < -0.39 is 0 Å². The molecule has 0 fully saturated rings. The largest absolute Gasteiger partial charge is 0.352 e. The Hall–Kier alpha value is -2.74. The molecule has 1 aromatic carbocycles. The summed E-state index contributed by atoms with van der Waals surface area (Å²) in [5.41, 5.74) is 0.899. The van der Waals surface area contributed by atoms with Crippen LogP contribution in [0.3, 0.4) is 0 Å². The number of aryl methyl sites for hydroxylation is 1. The molecule has 4 rings (SSSR count). The van der Waals surface area contributed by atoms with Gasteiger partial charge in [0.15, 0.2) is 0 Å². The number of hydrogen-bond donors (Lipinski definition) is 0. The van der Waals surface area contributed by atoms with Gasteiger partial charge >= 0.3 is 5.69 Å². The third kappa shape index (κ3) is 2.49. The lowest BCUT2D eigenvalue weighted by atomic mass is 10.2. The van der Waals surface area contributed by atoms with E-state index in [0.29, 0.717) is 22.5 Å². The summed E-state index contributed by atoms with van der Waals surface area (Å²) >= 11 is 1.32. The molecule has 0 amide bonds. The average molecular weight is 358 g/mol. The van der Waals surface area contributed by atoms with Crippen molar-refractivity contribution in [2.75, 3.05) is 0 Å². The number of fused-ring (bicyclic) bond motifs is 3. The molecule has 0 radical (unpaired) electrons. The molecule has 4 aromatic rings. The third-order valence-corrected chi connectivity index (χ3v) is 4.97. The summed E-state index contributed by atoms with van der Waals surface area (Å²) in [5, 5.41) is 6.18. The lowest BCUT2D eigenvalue weighted by Crippen LogP contribution is -2.25. The first-order valence-electron chi connectivity index (χ1n) is 7.94. The highest BCUT2D eigenvalue weighted by atomic mass is 32.1. The first kappa shape index (κ1) is 15.8. The van der Waals surface area contributed by atoms with E-state index in [9.17, 15) is 14.0 Å². The molecule has 0 spiro atoms. The van der Waals surface area contributed by atoms with Gasteiger partial charge in [-0.2, -0.15) is 0 Å². The van der Waals surface area contributed by atoms with Gasteiger partial charge < -0.3 is 0 Å². The van der Waals surface area contributed by atoms with Gasteiger partial charge in [0.2, 0.25) is 5.78 Å². The van der Waals surface area contributed by atoms with Gasteiger partial charge in [-0.05, 0) is 35.6 Å². The first-order valence-corrected chi connectivity index (χ1v) is 8.82. The second-order valence-corrected chi connectivity index (χ2v) is 6.71.